The Morgan fingerprint density at radius 1 is 1.04 bits per heavy atom. The molecule has 1 aliphatic heterocycles. The lowest BCUT2D eigenvalue weighted by Gasteiger charge is -2.28. The van der Waals surface area contributed by atoms with Gasteiger partial charge in [-0.1, -0.05) is 6.07 Å². The van der Waals surface area contributed by atoms with Gasteiger partial charge in [0.2, 0.25) is 0 Å². The maximum atomic E-state index is 13.2. The predicted octanol–water partition coefficient (Wildman–Crippen LogP) is 2.50. The number of nitrogens with zero attached hydrogens (tertiary/aromatic N) is 2. The maximum Gasteiger partial charge on any atom is 0.337 e. The molecule has 0 saturated carbocycles. The summed E-state index contributed by atoms with van der Waals surface area (Å²) in [6.45, 7) is 2.89. The van der Waals surface area contributed by atoms with Crippen molar-refractivity contribution in [1.82, 2.24) is 3.97 Å². The number of benzene rings is 2. The molecule has 0 spiro atoms. The number of carbonyl (C=O) groups excluding carboxylic acids is 1. The van der Waals surface area contributed by atoms with E-state index in [9.17, 15) is 13.2 Å². The number of hydrogen-bond acceptors (Lipinski definition) is 6. The second kappa shape index (κ2) is 7.29. The van der Waals surface area contributed by atoms with Crippen LogP contribution in [-0.4, -0.2) is 51.8 Å². The normalized spacial score (nSPS) is 15.0. The number of esters is 1. The van der Waals surface area contributed by atoms with Crippen LogP contribution in [0.3, 0.4) is 0 Å². The van der Waals surface area contributed by atoms with Crippen molar-refractivity contribution in [3.05, 3.63) is 60.3 Å². The highest BCUT2D eigenvalue weighted by Gasteiger charge is 2.21. The third kappa shape index (κ3) is 3.25. The Morgan fingerprint density at radius 2 is 1.75 bits per heavy atom. The smallest absolute Gasteiger partial charge is 0.337 e. The third-order valence-corrected chi connectivity index (χ3v) is 6.55. The molecule has 0 unspecified atom stereocenters. The van der Waals surface area contributed by atoms with Crippen molar-refractivity contribution in [2.75, 3.05) is 38.3 Å². The molecule has 0 radical (unpaired) electrons. The molecule has 0 atom stereocenters. The number of hydrogen-bond donors (Lipinski definition) is 0. The first-order chi connectivity index (χ1) is 13.5. The van der Waals surface area contributed by atoms with Crippen molar-refractivity contribution in [2.45, 2.75) is 4.90 Å². The van der Waals surface area contributed by atoms with Gasteiger partial charge in [0.15, 0.2) is 0 Å². The van der Waals surface area contributed by atoms with E-state index < -0.39 is 16.0 Å². The summed E-state index contributed by atoms with van der Waals surface area (Å²) >= 11 is 0. The molecule has 1 aromatic heterocycles. The molecule has 0 N–H and O–H groups in total. The molecule has 1 fully saturated rings. The van der Waals surface area contributed by atoms with Gasteiger partial charge in [-0.2, -0.15) is 0 Å². The van der Waals surface area contributed by atoms with E-state index in [2.05, 4.69) is 4.90 Å². The van der Waals surface area contributed by atoms with E-state index in [1.807, 2.05) is 12.1 Å². The van der Waals surface area contributed by atoms with Crippen LogP contribution in [0.5, 0.6) is 0 Å². The number of rotatable bonds is 4. The number of anilines is 1. The molecular weight excluding hydrogens is 380 g/mol. The summed E-state index contributed by atoms with van der Waals surface area (Å²) in [5.41, 5.74) is 1.69. The third-order valence-electron chi connectivity index (χ3n) is 4.85. The fraction of sp³-hybridized carbons (Fsp3) is 0.250. The lowest BCUT2D eigenvalue weighted by molar-refractivity contribution is 0.0601. The Morgan fingerprint density at radius 3 is 2.43 bits per heavy atom. The molecule has 2 heterocycles. The number of aromatic nitrogens is 1. The summed E-state index contributed by atoms with van der Waals surface area (Å²) in [7, 11) is -2.51. The van der Waals surface area contributed by atoms with Gasteiger partial charge in [0.25, 0.3) is 10.0 Å². The minimum atomic E-state index is -3.80. The van der Waals surface area contributed by atoms with Gasteiger partial charge in [-0.05, 0) is 42.5 Å². The highest BCUT2D eigenvalue weighted by molar-refractivity contribution is 7.90. The van der Waals surface area contributed by atoms with E-state index >= 15 is 0 Å². The van der Waals surface area contributed by atoms with Crippen LogP contribution in [0.25, 0.3) is 10.9 Å². The van der Waals surface area contributed by atoms with Crippen LogP contribution in [0, 0.1) is 0 Å². The Balaban J connectivity index is 1.70. The van der Waals surface area contributed by atoms with Crippen LogP contribution in [0.4, 0.5) is 5.69 Å². The molecule has 1 saturated heterocycles. The van der Waals surface area contributed by atoms with E-state index in [1.54, 1.807) is 30.3 Å². The van der Waals surface area contributed by atoms with Gasteiger partial charge in [-0.25, -0.2) is 17.2 Å². The number of morpholine rings is 1. The van der Waals surface area contributed by atoms with Gasteiger partial charge in [0, 0.05) is 30.4 Å². The van der Waals surface area contributed by atoms with Gasteiger partial charge in [0.1, 0.15) is 0 Å². The zero-order valence-corrected chi connectivity index (χ0v) is 16.2. The summed E-state index contributed by atoms with van der Waals surface area (Å²) in [6, 6.07) is 13.4. The van der Waals surface area contributed by atoms with Crippen molar-refractivity contribution >= 4 is 32.6 Å². The first-order valence-corrected chi connectivity index (χ1v) is 10.3. The average molecular weight is 400 g/mol. The molecular formula is C20H20N2O5S. The van der Waals surface area contributed by atoms with Crippen molar-refractivity contribution < 1.29 is 22.7 Å². The summed E-state index contributed by atoms with van der Waals surface area (Å²) in [5, 5.41) is 0.723. The molecule has 0 amide bonds. The van der Waals surface area contributed by atoms with Crippen molar-refractivity contribution in [2.24, 2.45) is 0 Å². The summed E-state index contributed by atoms with van der Waals surface area (Å²) in [5.74, 6) is -0.512. The standard InChI is InChI=1S/C20H20N2O5S/c1-26-20(23)16-3-2-15-8-9-22(19(15)14-16)28(24,25)18-6-4-17(5-7-18)21-10-12-27-13-11-21/h2-9,14H,10-13H2,1H3. The predicted molar refractivity (Wildman–Crippen MR) is 105 cm³/mol. The van der Waals surface area contributed by atoms with Crippen LogP contribution in [0.15, 0.2) is 59.6 Å². The van der Waals surface area contributed by atoms with Gasteiger partial charge in [0.05, 0.1) is 36.3 Å². The van der Waals surface area contributed by atoms with Gasteiger partial charge in [-0.3, -0.25) is 0 Å². The lowest BCUT2D eigenvalue weighted by Crippen LogP contribution is -2.36. The van der Waals surface area contributed by atoms with Crippen molar-refractivity contribution in [3.63, 3.8) is 0 Å². The van der Waals surface area contributed by atoms with Crippen LogP contribution in [-0.2, 0) is 19.5 Å². The minimum absolute atomic E-state index is 0.186. The van der Waals surface area contributed by atoms with Crippen molar-refractivity contribution in [3.8, 4) is 0 Å². The molecule has 1 aliphatic rings. The molecule has 2 aromatic carbocycles. The zero-order valence-electron chi connectivity index (χ0n) is 15.4. The molecule has 0 bridgehead atoms. The Kier molecular flexibility index (Phi) is 4.82. The SMILES string of the molecule is COC(=O)c1ccc2ccn(S(=O)(=O)c3ccc(N4CCOCC4)cc3)c2c1. The summed E-state index contributed by atoms with van der Waals surface area (Å²) in [6.07, 6.45) is 1.50. The van der Waals surface area contributed by atoms with Crippen LogP contribution in [0.2, 0.25) is 0 Å². The molecule has 28 heavy (non-hydrogen) atoms. The molecule has 7 nitrogen and oxygen atoms in total. The fourth-order valence-corrected chi connectivity index (χ4v) is 4.67. The molecule has 3 aromatic rings. The zero-order chi connectivity index (χ0) is 19.7. The van der Waals surface area contributed by atoms with E-state index in [0.29, 0.717) is 24.3 Å². The number of methoxy groups -OCH3 is 1. The number of carbonyl (C=O) groups is 1. The fourth-order valence-electron chi connectivity index (χ4n) is 3.32. The molecule has 4 rings (SSSR count). The van der Waals surface area contributed by atoms with E-state index in [0.717, 1.165) is 24.2 Å². The Labute approximate surface area is 163 Å². The van der Waals surface area contributed by atoms with Crippen LogP contribution >= 0.6 is 0 Å². The van der Waals surface area contributed by atoms with E-state index in [-0.39, 0.29) is 4.90 Å². The summed E-state index contributed by atoms with van der Waals surface area (Å²) in [4.78, 5) is 14.1. The number of fused-ring (bicyclic) bond motifs is 1. The van der Waals surface area contributed by atoms with Crippen LogP contribution < -0.4 is 4.90 Å². The topological polar surface area (TPSA) is 77.8 Å². The highest BCUT2D eigenvalue weighted by atomic mass is 32.2. The van der Waals surface area contributed by atoms with Crippen LogP contribution in [0.1, 0.15) is 10.4 Å². The summed E-state index contributed by atoms with van der Waals surface area (Å²) < 4.78 is 37.6. The molecule has 0 aliphatic carbocycles. The highest BCUT2D eigenvalue weighted by Crippen LogP contribution is 2.25. The second-order valence-electron chi connectivity index (χ2n) is 6.48. The maximum absolute atomic E-state index is 13.2. The first-order valence-electron chi connectivity index (χ1n) is 8.88. The van der Waals surface area contributed by atoms with Gasteiger partial charge >= 0.3 is 5.97 Å². The molecule has 146 valence electrons. The average Bonchev–Trinajstić information content (AvgIpc) is 3.18. The molecule has 8 heteroatoms. The Hall–Kier alpha value is -2.84. The largest absolute Gasteiger partial charge is 0.465 e. The number of ether oxygens (including phenoxy) is 2. The Bertz CT molecular complexity index is 1110. The van der Waals surface area contributed by atoms with Crippen molar-refractivity contribution in [1.29, 1.82) is 0 Å². The van der Waals surface area contributed by atoms with Gasteiger partial charge in [-0.15, -0.1) is 0 Å². The second-order valence-corrected chi connectivity index (χ2v) is 8.29. The quantitative estimate of drug-likeness (QED) is 0.626. The first kappa shape index (κ1) is 18.5. The van der Waals surface area contributed by atoms with E-state index in [4.69, 9.17) is 9.47 Å². The van der Waals surface area contributed by atoms with Gasteiger partial charge < -0.3 is 14.4 Å². The monoisotopic (exact) mass is 400 g/mol. The van der Waals surface area contributed by atoms with E-state index in [1.165, 1.54) is 23.3 Å². The minimum Gasteiger partial charge on any atom is -0.465 e. The lowest BCUT2D eigenvalue weighted by atomic mass is 10.2.